The van der Waals surface area contributed by atoms with Gasteiger partial charge < -0.3 is 20.0 Å². The summed E-state index contributed by atoms with van der Waals surface area (Å²) in [6, 6.07) is 4.86. The highest BCUT2D eigenvalue weighted by atomic mass is 16.4. The number of rotatable bonds is 3. The molecule has 8 heteroatoms. The van der Waals surface area contributed by atoms with Crippen molar-refractivity contribution in [3.8, 4) is 11.5 Å². The van der Waals surface area contributed by atoms with Gasteiger partial charge in [-0.3, -0.25) is 4.90 Å². The lowest BCUT2D eigenvalue weighted by Crippen LogP contribution is -2.52. The van der Waals surface area contributed by atoms with Crippen LogP contribution < -0.4 is 10.6 Å². The van der Waals surface area contributed by atoms with E-state index in [-0.39, 0.29) is 0 Å². The third-order valence-corrected chi connectivity index (χ3v) is 5.24. The Labute approximate surface area is 147 Å². The van der Waals surface area contributed by atoms with Crippen LogP contribution in [0.4, 0.5) is 11.8 Å². The second-order valence-corrected chi connectivity index (χ2v) is 6.92. The van der Waals surface area contributed by atoms with Crippen molar-refractivity contribution >= 4 is 11.8 Å². The Bertz CT molecular complexity index is 685. The zero-order valence-electron chi connectivity index (χ0n) is 14.6. The normalized spacial score (nSPS) is 20.9. The molecule has 25 heavy (non-hydrogen) atoms. The highest BCUT2D eigenvalue weighted by molar-refractivity contribution is 5.54. The van der Waals surface area contributed by atoms with Gasteiger partial charge in [-0.2, -0.15) is 0 Å². The Morgan fingerprint density at radius 2 is 1.80 bits per heavy atom. The quantitative estimate of drug-likeness (QED) is 0.881. The van der Waals surface area contributed by atoms with E-state index in [1.165, 1.54) is 26.2 Å². The summed E-state index contributed by atoms with van der Waals surface area (Å²) in [5, 5.41) is 8.37. The maximum Gasteiger partial charge on any atom is 0.318 e. The van der Waals surface area contributed by atoms with Crippen molar-refractivity contribution in [1.82, 2.24) is 25.0 Å². The van der Waals surface area contributed by atoms with Gasteiger partial charge in [0, 0.05) is 51.5 Å². The van der Waals surface area contributed by atoms with E-state index in [0.717, 1.165) is 31.5 Å². The van der Waals surface area contributed by atoms with E-state index in [4.69, 9.17) is 10.2 Å². The summed E-state index contributed by atoms with van der Waals surface area (Å²) >= 11 is 0. The van der Waals surface area contributed by atoms with E-state index < -0.39 is 0 Å². The minimum absolute atomic E-state index is 0.481. The second-order valence-electron chi connectivity index (χ2n) is 6.92. The Morgan fingerprint density at radius 1 is 1.04 bits per heavy atom. The molecule has 0 unspecified atom stereocenters. The van der Waals surface area contributed by atoms with Crippen molar-refractivity contribution < 1.29 is 4.42 Å². The van der Waals surface area contributed by atoms with Crippen molar-refractivity contribution in [1.29, 1.82) is 0 Å². The Balaban J connectivity index is 1.36. The Morgan fingerprint density at radius 3 is 2.48 bits per heavy atom. The number of hydrogen-bond acceptors (Lipinski definition) is 8. The number of nitrogen functional groups attached to an aromatic ring is 1. The first-order valence-electron chi connectivity index (χ1n) is 8.92. The molecule has 0 amide bonds. The van der Waals surface area contributed by atoms with Gasteiger partial charge in [-0.05, 0) is 32.0 Å². The molecule has 2 aliphatic rings. The molecule has 2 aromatic heterocycles. The molecule has 0 aromatic carbocycles. The van der Waals surface area contributed by atoms with Crippen LogP contribution in [0.15, 0.2) is 22.7 Å². The molecule has 2 N–H and O–H groups in total. The van der Waals surface area contributed by atoms with Gasteiger partial charge in [-0.15, -0.1) is 5.10 Å². The second kappa shape index (κ2) is 6.97. The molecule has 0 aliphatic carbocycles. The van der Waals surface area contributed by atoms with Crippen molar-refractivity contribution in [2.75, 3.05) is 56.9 Å². The molecule has 0 atom stereocenters. The molecule has 0 bridgehead atoms. The lowest BCUT2D eigenvalue weighted by atomic mass is 10.0. The van der Waals surface area contributed by atoms with Crippen molar-refractivity contribution in [3.05, 3.63) is 18.3 Å². The molecule has 4 rings (SSSR count). The van der Waals surface area contributed by atoms with Crippen LogP contribution in [0.1, 0.15) is 12.8 Å². The van der Waals surface area contributed by atoms with Gasteiger partial charge >= 0.3 is 6.01 Å². The average Bonchev–Trinajstić information content (AvgIpc) is 3.13. The van der Waals surface area contributed by atoms with Crippen LogP contribution in [0.3, 0.4) is 0 Å². The minimum atomic E-state index is 0.481. The first-order chi connectivity index (χ1) is 12.2. The predicted molar refractivity (Wildman–Crippen MR) is 96.2 cm³/mol. The zero-order chi connectivity index (χ0) is 17.2. The van der Waals surface area contributed by atoms with Crippen LogP contribution in [0, 0.1) is 0 Å². The SMILES string of the molecule is CN1CCN(C2CCN(c3nnc(-c4ccc(N)nc4)o3)CC2)CC1. The summed E-state index contributed by atoms with van der Waals surface area (Å²) in [5.41, 5.74) is 6.41. The third-order valence-electron chi connectivity index (χ3n) is 5.24. The fourth-order valence-electron chi connectivity index (χ4n) is 3.60. The van der Waals surface area contributed by atoms with Gasteiger partial charge in [0.25, 0.3) is 5.89 Å². The summed E-state index contributed by atoms with van der Waals surface area (Å²) in [6.45, 7) is 6.61. The average molecular weight is 343 g/mol. The minimum Gasteiger partial charge on any atom is -0.403 e. The summed E-state index contributed by atoms with van der Waals surface area (Å²) in [7, 11) is 2.20. The van der Waals surface area contributed by atoms with Crippen LogP contribution >= 0.6 is 0 Å². The van der Waals surface area contributed by atoms with Crippen molar-refractivity contribution in [3.63, 3.8) is 0 Å². The number of pyridine rings is 1. The van der Waals surface area contributed by atoms with Gasteiger partial charge in [0.05, 0.1) is 5.56 Å². The van der Waals surface area contributed by atoms with Crippen LogP contribution in [0.25, 0.3) is 11.5 Å². The first kappa shape index (κ1) is 16.3. The predicted octanol–water partition coefficient (Wildman–Crippen LogP) is 0.930. The first-order valence-corrected chi connectivity index (χ1v) is 8.92. The van der Waals surface area contributed by atoms with Gasteiger partial charge in [0.1, 0.15) is 5.82 Å². The number of piperazine rings is 1. The van der Waals surface area contributed by atoms with Gasteiger partial charge in [0.2, 0.25) is 0 Å². The van der Waals surface area contributed by atoms with Gasteiger partial charge in [0.15, 0.2) is 0 Å². The number of hydrogen-bond donors (Lipinski definition) is 1. The molecule has 0 radical (unpaired) electrons. The van der Waals surface area contributed by atoms with Gasteiger partial charge in [-0.25, -0.2) is 4.98 Å². The lowest BCUT2D eigenvalue weighted by molar-refractivity contribution is 0.0976. The van der Waals surface area contributed by atoms with Crippen LogP contribution in [-0.4, -0.2) is 77.3 Å². The van der Waals surface area contributed by atoms with Crippen LogP contribution in [0.2, 0.25) is 0 Å². The topological polar surface area (TPSA) is 87.5 Å². The highest BCUT2D eigenvalue weighted by Crippen LogP contribution is 2.25. The largest absolute Gasteiger partial charge is 0.403 e. The van der Waals surface area contributed by atoms with E-state index in [1.54, 1.807) is 12.3 Å². The lowest BCUT2D eigenvalue weighted by Gasteiger charge is -2.41. The molecule has 2 aliphatic heterocycles. The van der Waals surface area contributed by atoms with Crippen LogP contribution in [0.5, 0.6) is 0 Å². The van der Waals surface area contributed by atoms with E-state index in [1.807, 2.05) is 6.07 Å². The number of likely N-dealkylation sites (N-methyl/N-ethyl adjacent to an activating group) is 1. The molecule has 8 nitrogen and oxygen atoms in total. The van der Waals surface area contributed by atoms with Crippen LogP contribution in [-0.2, 0) is 0 Å². The monoisotopic (exact) mass is 343 g/mol. The van der Waals surface area contributed by atoms with E-state index >= 15 is 0 Å². The number of nitrogens with two attached hydrogens (primary N) is 1. The molecule has 2 fully saturated rings. The standard InChI is InChI=1S/C17H25N7O/c1-22-8-10-23(11-9-22)14-4-6-24(7-5-14)17-21-20-16(25-17)13-2-3-15(18)19-12-13/h2-3,12,14H,4-11H2,1H3,(H2,18,19). The fourth-order valence-corrected chi connectivity index (χ4v) is 3.60. The molecule has 0 saturated carbocycles. The molecule has 2 saturated heterocycles. The summed E-state index contributed by atoms with van der Waals surface area (Å²) in [5.74, 6) is 0.971. The molecule has 0 spiro atoms. The van der Waals surface area contributed by atoms with Crippen molar-refractivity contribution in [2.24, 2.45) is 0 Å². The van der Waals surface area contributed by atoms with E-state index in [0.29, 0.717) is 23.8 Å². The summed E-state index contributed by atoms with van der Waals surface area (Å²) in [4.78, 5) is 11.3. The van der Waals surface area contributed by atoms with E-state index in [2.05, 4.69) is 36.9 Å². The molecule has 134 valence electrons. The fraction of sp³-hybridized carbons (Fsp3) is 0.588. The number of anilines is 2. The number of aromatic nitrogens is 3. The number of piperidine rings is 1. The zero-order valence-corrected chi connectivity index (χ0v) is 14.6. The summed E-state index contributed by atoms with van der Waals surface area (Å²) in [6.07, 6.45) is 3.95. The highest BCUT2D eigenvalue weighted by Gasteiger charge is 2.28. The number of nitrogens with zero attached hydrogens (tertiary/aromatic N) is 6. The smallest absolute Gasteiger partial charge is 0.318 e. The molecule has 4 heterocycles. The maximum atomic E-state index is 5.85. The Hall–Kier alpha value is -2.19. The summed E-state index contributed by atoms with van der Waals surface area (Å²) < 4.78 is 5.85. The van der Waals surface area contributed by atoms with E-state index in [9.17, 15) is 0 Å². The Kier molecular flexibility index (Phi) is 4.54. The van der Waals surface area contributed by atoms with Gasteiger partial charge in [-0.1, -0.05) is 5.10 Å². The molecule has 2 aromatic rings. The molecular formula is C17H25N7O. The third kappa shape index (κ3) is 3.59. The molecular weight excluding hydrogens is 318 g/mol. The maximum absolute atomic E-state index is 5.85. The van der Waals surface area contributed by atoms with Crippen molar-refractivity contribution in [2.45, 2.75) is 18.9 Å².